The minimum atomic E-state index is -3.14. The molecule has 0 bridgehead atoms. The number of halogens is 2. The molecule has 0 spiro atoms. The first-order valence-electron chi connectivity index (χ1n) is 9.08. The van der Waals surface area contributed by atoms with Crippen molar-refractivity contribution in [3.8, 4) is 5.75 Å². The molecule has 2 aromatic carbocycles. The van der Waals surface area contributed by atoms with Crippen LogP contribution in [-0.2, 0) is 21.2 Å². The van der Waals surface area contributed by atoms with Crippen LogP contribution in [0, 0.1) is 11.6 Å². The summed E-state index contributed by atoms with van der Waals surface area (Å²) in [7, 11) is -1.59. The molecule has 1 aliphatic rings. The van der Waals surface area contributed by atoms with Crippen LogP contribution in [0.1, 0.15) is 12.0 Å². The predicted octanol–water partition coefficient (Wildman–Crippen LogP) is 2.60. The third-order valence-corrected chi connectivity index (χ3v) is 6.57. The average Bonchev–Trinajstić information content (AvgIpc) is 3.04. The van der Waals surface area contributed by atoms with E-state index in [0.29, 0.717) is 24.8 Å². The number of sulfone groups is 1. The van der Waals surface area contributed by atoms with E-state index in [1.807, 2.05) is 12.1 Å². The summed E-state index contributed by atoms with van der Waals surface area (Å²) in [4.78, 5) is 14.3. The van der Waals surface area contributed by atoms with E-state index in [0.717, 1.165) is 17.7 Å². The summed E-state index contributed by atoms with van der Waals surface area (Å²) in [6, 6.07) is 9.83. The van der Waals surface area contributed by atoms with Crippen molar-refractivity contribution < 1.29 is 26.7 Å². The van der Waals surface area contributed by atoms with Crippen LogP contribution in [0.15, 0.2) is 42.5 Å². The van der Waals surface area contributed by atoms with E-state index in [2.05, 4.69) is 5.32 Å². The SMILES string of the molecule is COc1ccc(CN(CC(=O)Nc2ccc(F)cc2F)C2CCS(=O)(=O)C2)cc1. The van der Waals surface area contributed by atoms with E-state index in [-0.39, 0.29) is 29.8 Å². The highest BCUT2D eigenvalue weighted by Gasteiger charge is 2.33. The maximum absolute atomic E-state index is 13.8. The molecular formula is C20H22F2N2O4S. The second kappa shape index (κ2) is 8.87. The number of hydrogen-bond donors (Lipinski definition) is 1. The van der Waals surface area contributed by atoms with Crippen molar-refractivity contribution in [2.45, 2.75) is 19.0 Å². The molecule has 0 radical (unpaired) electrons. The molecule has 6 nitrogen and oxygen atoms in total. The standard InChI is InChI=1S/C20H22F2N2O4S/c1-28-17-5-2-14(3-6-17)11-24(16-8-9-29(26,27)13-16)12-20(25)23-19-7-4-15(21)10-18(19)22/h2-7,10,16H,8-9,11-13H2,1H3,(H,23,25). The van der Waals surface area contributed by atoms with Gasteiger partial charge in [0.2, 0.25) is 5.91 Å². The van der Waals surface area contributed by atoms with Gasteiger partial charge in [0, 0.05) is 18.7 Å². The Balaban J connectivity index is 1.74. The molecule has 1 aliphatic heterocycles. The highest BCUT2D eigenvalue weighted by Crippen LogP contribution is 2.22. The molecule has 0 aromatic heterocycles. The third kappa shape index (κ3) is 5.74. The third-order valence-electron chi connectivity index (χ3n) is 4.82. The zero-order chi connectivity index (χ0) is 21.0. The van der Waals surface area contributed by atoms with Gasteiger partial charge in [-0.3, -0.25) is 9.69 Å². The Kier molecular flexibility index (Phi) is 6.49. The van der Waals surface area contributed by atoms with Gasteiger partial charge in [-0.15, -0.1) is 0 Å². The normalized spacial score (nSPS) is 18.0. The summed E-state index contributed by atoms with van der Waals surface area (Å²) in [5.41, 5.74) is 0.760. The molecule has 9 heteroatoms. The number of benzene rings is 2. The molecule has 1 amide bonds. The van der Waals surface area contributed by atoms with Gasteiger partial charge in [0.25, 0.3) is 0 Å². The molecule has 1 saturated heterocycles. The van der Waals surface area contributed by atoms with Gasteiger partial charge in [0.05, 0.1) is 30.8 Å². The van der Waals surface area contributed by atoms with Gasteiger partial charge in [-0.1, -0.05) is 12.1 Å². The molecule has 1 N–H and O–H groups in total. The van der Waals surface area contributed by atoms with Crippen molar-refractivity contribution in [1.29, 1.82) is 0 Å². The molecule has 0 saturated carbocycles. The molecule has 1 fully saturated rings. The highest BCUT2D eigenvalue weighted by molar-refractivity contribution is 7.91. The summed E-state index contributed by atoms with van der Waals surface area (Å²) in [6.45, 7) is 0.229. The quantitative estimate of drug-likeness (QED) is 0.740. The molecule has 0 aliphatic carbocycles. The van der Waals surface area contributed by atoms with Crippen molar-refractivity contribution in [3.63, 3.8) is 0 Å². The van der Waals surface area contributed by atoms with Crippen LogP contribution in [-0.4, -0.2) is 50.4 Å². The van der Waals surface area contributed by atoms with Crippen LogP contribution in [0.5, 0.6) is 5.75 Å². The molecule has 1 atom stereocenters. The first kappa shape index (κ1) is 21.2. The fourth-order valence-corrected chi connectivity index (χ4v) is 5.07. The first-order chi connectivity index (χ1) is 13.8. The van der Waals surface area contributed by atoms with Gasteiger partial charge in [-0.2, -0.15) is 0 Å². The summed E-state index contributed by atoms with van der Waals surface area (Å²) >= 11 is 0. The van der Waals surface area contributed by atoms with Gasteiger partial charge >= 0.3 is 0 Å². The Morgan fingerprint density at radius 1 is 1.21 bits per heavy atom. The maximum atomic E-state index is 13.8. The van der Waals surface area contributed by atoms with Gasteiger partial charge in [0.1, 0.15) is 17.4 Å². The predicted molar refractivity (Wildman–Crippen MR) is 105 cm³/mol. The molecule has 1 unspecified atom stereocenters. The van der Waals surface area contributed by atoms with E-state index in [4.69, 9.17) is 4.74 Å². The second-order valence-corrected chi connectivity index (χ2v) is 9.21. The topological polar surface area (TPSA) is 75.7 Å². The molecule has 1 heterocycles. The minimum absolute atomic E-state index is 0.0264. The van der Waals surface area contributed by atoms with Gasteiger partial charge < -0.3 is 10.1 Å². The lowest BCUT2D eigenvalue weighted by molar-refractivity contribution is -0.117. The smallest absolute Gasteiger partial charge is 0.238 e. The fourth-order valence-electron chi connectivity index (χ4n) is 3.31. The average molecular weight is 424 g/mol. The highest BCUT2D eigenvalue weighted by atomic mass is 32.2. The summed E-state index contributed by atoms with van der Waals surface area (Å²) in [5, 5.41) is 2.42. The number of carbonyl (C=O) groups is 1. The van der Waals surface area contributed by atoms with Gasteiger partial charge in [-0.25, -0.2) is 17.2 Å². The van der Waals surface area contributed by atoms with Crippen LogP contribution >= 0.6 is 0 Å². The molecule has 2 aromatic rings. The first-order valence-corrected chi connectivity index (χ1v) is 10.9. The van der Waals surface area contributed by atoms with Crippen LogP contribution in [0.2, 0.25) is 0 Å². The number of nitrogens with one attached hydrogen (secondary N) is 1. The number of anilines is 1. The molecular weight excluding hydrogens is 402 g/mol. The minimum Gasteiger partial charge on any atom is -0.497 e. The Hall–Kier alpha value is -2.52. The van der Waals surface area contributed by atoms with E-state index in [9.17, 15) is 22.0 Å². The number of ether oxygens (including phenoxy) is 1. The Morgan fingerprint density at radius 3 is 2.52 bits per heavy atom. The molecule has 3 rings (SSSR count). The zero-order valence-electron chi connectivity index (χ0n) is 15.9. The fraction of sp³-hybridized carbons (Fsp3) is 0.350. The van der Waals surface area contributed by atoms with E-state index < -0.39 is 27.4 Å². The van der Waals surface area contributed by atoms with E-state index in [1.54, 1.807) is 24.1 Å². The number of carbonyl (C=O) groups excluding carboxylic acids is 1. The number of amides is 1. The van der Waals surface area contributed by atoms with Crippen molar-refractivity contribution in [1.82, 2.24) is 4.90 Å². The number of rotatable bonds is 7. The number of nitrogens with zero attached hydrogens (tertiary/aromatic N) is 1. The van der Waals surface area contributed by atoms with Crippen LogP contribution in [0.25, 0.3) is 0 Å². The Labute approximate surface area is 168 Å². The van der Waals surface area contributed by atoms with Crippen LogP contribution in [0.3, 0.4) is 0 Å². The Morgan fingerprint density at radius 2 is 1.93 bits per heavy atom. The Bertz CT molecular complexity index is 980. The van der Waals surface area contributed by atoms with Gasteiger partial charge in [-0.05, 0) is 36.2 Å². The monoisotopic (exact) mass is 424 g/mol. The van der Waals surface area contributed by atoms with E-state index in [1.165, 1.54) is 0 Å². The maximum Gasteiger partial charge on any atom is 0.238 e. The number of hydrogen-bond acceptors (Lipinski definition) is 5. The summed E-state index contributed by atoms with van der Waals surface area (Å²) < 4.78 is 55.8. The summed E-state index contributed by atoms with van der Waals surface area (Å²) in [6.07, 6.45) is 0.427. The largest absolute Gasteiger partial charge is 0.497 e. The van der Waals surface area contributed by atoms with Crippen molar-refractivity contribution >= 4 is 21.4 Å². The number of methoxy groups -OCH3 is 1. The van der Waals surface area contributed by atoms with E-state index >= 15 is 0 Å². The lowest BCUT2D eigenvalue weighted by Crippen LogP contribution is -2.41. The van der Waals surface area contributed by atoms with Crippen molar-refractivity contribution in [2.24, 2.45) is 0 Å². The second-order valence-electron chi connectivity index (χ2n) is 6.98. The lowest BCUT2D eigenvalue weighted by atomic mass is 10.1. The van der Waals surface area contributed by atoms with Crippen LogP contribution in [0.4, 0.5) is 14.5 Å². The lowest BCUT2D eigenvalue weighted by Gasteiger charge is -2.27. The zero-order valence-corrected chi connectivity index (χ0v) is 16.7. The summed E-state index contributed by atoms with van der Waals surface area (Å²) in [5.74, 6) is -1.38. The molecule has 29 heavy (non-hydrogen) atoms. The molecule has 156 valence electrons. The van der Waals surface area contributed by atoms with Gasteiger partial charge in [0.15, 0.2) is 9.84 Å². The van der Waals surface area contributed by atoms with Crippen LogP contribution < -0.4 is 10.1 Å². The van der Waals surface area contributed by atoms with Crippen molar-refractivity contribution in [2.75, 3.05) is 30.5 Å². The van der Waals surface area contributed by atoms with Crippen molar-refractivity contribution in [3.05, 3.63) is 59.7 Å².